The molecule has 0 saturated carbocycles. The molecule has 3 rings (SSSR count). The molecule has 0 aliphatic carbocycles. The first-order valence-corrected chi connectivity index (χ1v) is 6.46. The zero-order valence-corrected chi connectivity index (χ0v) is 10.9. The second-order valence-electron chi connectivity index (χ2n) is 4.69. The molecule has 0 aromatic heterocycles. The topological polar surface area (TPSA) is 52.5 Å². The first-order valence-electron chi connectivity index (χ1n) is 6.46. The molecule has 3 nitrogen and oxygen atoms in total. The first-order chi connectivity index (χ1) is 9.74. The van der Waals surface area contributed by atoms with Gasteiger partial charge < -0.3 is 15.5 Å². The highest BCUT2D eigenvalue weighted by atomic mass is 16.3. The van der Waals surface area contributed by atoms with Gasteiger partial charge in [-0.15, -0.1) is 0 Å². The second kappa shape index (κ2) is 5.13. The van der Waals surface area contributed by atoms with E-state index in [1.807, 2.05) is 36.4 Å². The summed E-state index contributed by atoms with van der Waals surface area (Å²) < 4.78 is 0. The number of hydrogen-bond acceptors (Lipinski definition) is 3. The van der Waals surface area contributed by atoms with Crippen molar-refractivity contribution in [3.05, 3.63) is 66.2 Å². The Kier molecular flexibility index (Phi) is 3.17. The lowest BCUT2D eigenvalue weighted by molar-refractivity contribution is 0.470. The Morgan fingerprint density at radius 2 is 1.70 bits per heavy atom. The largest absolute Gasteiger partial charge is 0.508 e. The van der Waals surface area contributed by atoms with Crippen LogP contribution in [0, 0.1) is 0 Å². The van der Waals surface area contributed by atoms with E-state index in [1.54, 1.807) is 24.3 Å². The van der Waals surface area contributed by atoms with Crippen molar-refractivity contribution >= 4 is 16.5 Å². The monoisotopic (exact) mass is 265 g/mol. The third-order valence-corrected chi connectivity index (χ3v) is 3.33. The Labute approximate surface area is 117 Å². The molecule has 3 aromatic rings. The van der Waals surface area contributed by atoms with Crippen LogP contribution in [0.1, 0.15) is 5.56 Å². The van der Waals surface area contributed by atoms with Crippen LogP contribution in [-0.2, 0) is 6.54 Å². The predicted octanol–water partition coefficient (Wildman–Crippen LogP) is 3.86. The molecule has 20 heavy (non-hydrogen) atoms. The SMILES string of the molecule is Oc1cccc(NCc2c(O)ccc3ccccc23)c1. The van der Waals surface area contributed by atoms with Crippen LogP contribution in [-0.4, -0.2) is 10.2 Å². The van der Waals surface area contributed by atoms with Crippen molar-refractivity contribution in [3.63, 3.8) is 0 Å². The number of aromatic hydroxyl groups is 2. The first kappa shape index (κ1) is 12.4. The minimum Gasteiger partial charge on any atom is -0.508 e. The standard InChI is InChI=1S/C17H15NO2/c19-14-6-3-5-13(10-14)18-11-16-15-7-2-1-4-12(15)8-9-17(16)20/h1-10,18-20H,11H2. The number of fused-ring (bicyclic) bond motifs is 1. The maximum atomic E-state index is 10.1. The number of nitrogens with one attached hydrogen (secondary N) is 1. The molecule has 0 spiro atoms. The molecule has 3 heteroatoms. The third kappa shape index (κ3) is 2.38. The molecule has 0 unspecified atom stereocenters. The van der Waals surface area contributed by atoms with Gasteiger partial charge >= 0.3 is 0 Å². The van der Waals surface area contributed by atoms with E-state index < -0.39 is 0 Å². The molecule has 0 saturated heterocycles. The van der Waals surface area contributed by atoms with Crippen LogP contribution < -0.4 is 5.32 Å². The summed E-state index contributed by atoms with van der Waals surface area (Å²) in [5.74, 6) is 0.494. The molecule has 0 aliphatic rings. The van der Waals surface area contributed by atoms with Crippen molar-refractivity contribution in [2.45, 2.75) is 6.54 Å². The second-order valence-corrected chi connectivity index (χ2v) is 4.69. The Morgan fingerprint density at radius 1 is 0.850 bits per heavy atom. The molecule has 0 atom stereocenters. The molecule has 0 radical (unpaired) electrons. The van der Waals surface area contributed by atoms with Crippen LogP contribution in [0.2, 0.25) is 0 Å². The Bertz CT molecular complexity index is 753. The van der Waals surface area contributed by atoms with Crippen molar-refractivity contribution in [3.8, 4) is 11.5 Å². The zero-order valence-electron chi connectivity index (χ0n) is 10.9. The molecule has 0 aliphatic heterocycles. The Balaban J connectivity index is 1.92. The van der Waals surface area contributed by atoms with Crippen LogP contribution >= 0.6 is 0 Å². The van der Waals surface area contributed by atoms with Crippen molar-refractivity contribution < 1.29 is 10.2 Å². The van der Waals surface area contributed by atoms with Crippen molar-refractivity contribution in [2.24, 2.45) is 0 Å². The summed E-state index contributed by atoms with van der Waals surface area (Å²) in [4.78, 5) is 0. The van der Waals surface area contributed by atoms with Crippen molar-refractivity contribution in [1.29, 1.82) is 0 Å². The lowest BCUT2D eigenvalue weighted by Gasteiger charge is -2.11. The highest BCUT2D eigenvalue weighted by Crippen LogP contribution is 2.28. The Morgan fingerprint density at radius 3 is 2.55 bits per heavy atom. The smallest absolute Gasteiger partial charge is 0.121 e. The third-order valence-electron chi connectivity index (χ3n) is 3.33. The number of hydrogen-bond donors (Lipinski definition) is 3. The van der Waals surface area contributed by atoms with E-state index in [1.165, 1.54) is 0 Å². The summed E-state index contributed by atoms with van der Waals surface area (Å²) >= 11 is 0. The normalized spacial score (nSPS) is 10.6. The minimum atomic E-state index is 0.220. The molecular weight excluding hydrogens is 250 g/mol. The average Bonchev–Trinajstić information content (AvgIpc) is 2.46. The molecule has 3 aromatic carbocycles. The maximum Gasteiger partial charge on any atom is 0.121 e. The highest BCUT2D eigenvalue weighted by Gasteiger charge is 2.06. The summed E-state index contributed by atoms with van der Waals surface area (Å²) in [5.41, 5.74) is 1.67. The number of rotatable bonds is 3. The number of benzene rings is 3. The summed E-state index contributed by atoms with van der Waals surface area (Å²) in [6, 6.07) is 18.5. The Hall–Kier alpha value is -2.68. The van der Waals surface area contributed by atoms with Gasteiger partial charge in [0.25, 0.3) is 0 Å². The quantitative estimate of drug-likeness (QED) is 0.674. The molecule has 100 valence electrons. The van der Waals surface area contributed by atoms with Crippen LogP contribution in [0.4, 0.5) is 5.69 Å². The average molecular weight is 265 g/mol. The fourth-order valence-corrected chi connectivity index (χ4v) is 2.32. The lowest BCUT2D eigenvalue weighted by atomic mass is 10.0. The van der Waals surface area contributed by atoms with E-state index in [-0.39, 0.29) is 11.5 Å². The van der Waals surface area contributed by atoms with Crippen molar-refractivity contribution in [2.75, 3.05) is 5.32 Å². The van der Waals surface area contributed by atoms with Gasteiger partial charge in [0, 0.05) is 23.9 Å². The van der Waals surface area contributed by atoms with Crippen LogP contribution in [0.3, 0.4) is 0 Å². The molecule has 3 N–H and O–H groups in total. The van der Waals surface area contributed by atoms with Gasteiger partial charge in [0.1, 0.15) is 11.5 Å². The van der Waals surface area contributed by atoms with E-state index in [2.05, 4.69) is 5.32 Å². The minimum absolute atomic E-state index is 0.220. The fraction of sp³-hybridized carbons (Fsp3) is 0.0588. The van der Waals surface area contributed by atoms with Gasteiger partial charge in [-0.05, 0) is 29.0 Å². The van der Waals surface area contributed by atoms with Crippen LogP contribution in [0.5, 0.6) is 11.5 Å². The van der Waals surface area contributed by atoms with Gasteiger partial charge in [-0.25, -0.2) is 0 Å². The fourth-order valence-electron chi connectivity index (χ4n) is 2.32. The van der Waals surface area contributed by atoms with Gasteiger partial charge in [0.2, 0.25) is 0 Å². The van der Waals surface area contributed by atoms with Gasteiger partial charge in [0.15, 0.2) is 0 Å². The van der Waals surface area contributed by atoms with E-state index in [0.717, 1.165) is 22.0 Å². The maximum absolute atomic E-state index is 10.1. The van der Waals surface area contributed by atoms with E-state index >= 15 is 0 Å². The number of phenolic OH excluding ortho intramolecular Hbond substituents is 2. The van der Waals surface area contributed by atoms with Crippen LogP contribution in [0.15, 0.2) is 60.7 Å². The van der Waals surface area contributed by atoms with E-state index in [4.69, 9.17) is 0 Å². The van der Waals surface area contributed by atoms with Gasteiger partial charge in [0.05, 0.1) is 0 Å². The van der Waals surface area contributed by atoms with Gasteiger partial charge in [-0.1, -0.05) is 36.4 Å². The van der Waals surface area contributed by atoms with Crippen molar-refractivity contribution in [1.82, 2.24) is 0 Å². The number of phenols is 2. The zero-order chi connectivity index (χ0) is 13.9. The summed E-state index contributed by atoms with van der Waals surface area (Å²) in [7, 11) is 0. The lowest BCUT2D eigenvalue weighted by Crippen LogP contribution is -2.00. The number of anilines is 1. The molecule has 0 amide bonds. The summed E-state index contributed by atoms with van der Waals surface area (Å²) in [6.07, 6.45) is 0. The van der Waals surface area contributed by atoms with Gasteiger partial charge in [-0.3, -0.25) is 0 Å². The molecule has 0 bridgehead atoms. The molecule has 0 heterocycles. The van der Waals surface area contributed by atoms with Gasteiger partial charge in [-0.2, -0.15) is 0 Å². The molecular formula is C17H15NO2. The van der Waals surface area contributed by atoms with Crippen LogP contribution in [0.25, 0.3) is 10.8 Å². The van der Waals surface area contributed by atoms with E-state index in [0.29, 0.717) is 6.54 Å². The summed E-state index contributed by atoms with van der Waals surface area (Å²) in [6.45, 7) is 0.497. The summed E-state index contributed by atoms with van der Waals surface area (Å²) in [5, 5.41) is 24.8. The molecule has 0 fully saturated rings. The van der Waals surface area contributed by atoms with E-state index in [9.17, 15) is 10.2 Å². The predicted molar refractivity (Wildman–Crippen MR) is 81.0 cm³/mol. The highest BCUT2D eigenvalue weighted by molar-refractivity contribution is 5.87.